The SMILES string of the molecule is Cc1cc(Nc2nc(C)cc(C)n2)cc(C2CCCN(C(=O)CN3CCOCC3)C2)n1. The third-order valence-corrected chi connectivity index (χ3v) is 5.87. The van der Waals surface area contributed by atoms with Crippen molar-refractivity contribution in [2.24, 2.45) is 0 Å². The van der Waals surface area contributed by atoms with Crippen molar-refractivity contribution in [3.05, 3.63) is 41.0 Å². The summed E-state index contributed by atoms with van der Waals surface area (Å²) in [6.45, 7) is 11.0. The van der Waals surface area contributed by atoms with Crippen molar-refractivity contribution in [1.29, 1.82) is 0 Å². The third-order valence-electron chi connectivity index (χ3n) is 5.87. The standard InChI is InChI=1S/C23H32N6O2/c1-16-11-17(2)26-23(25-16)27-20-12-18(3)24-21(13-20)19-5-4-6-29(14-19)22(30)15-28-7-9-31-10-8-28/h11-13,19H,4-10,14-15H2,1-3H3,(H,24,25,26,27). The van der Waals surface area contributed by atoms with Crippen LogP contribution in [0.25, 0.3) is 0 Å². The number of aromatic nitrogens is 3. The second-order valence-corrected chi connectivity index (χ2v) is 8.59. The second-order valence-electron chi connectivity index (χ2n) is 8.59. The van der Waals surface area contributed by atoms with Crippen LogP contribution in [0.15, 0.2) is 18.2 Å². The summed E-state index contributed by atoms with van der Waals surface area (Å²) < 4.78 is 5.39. The molecule has 2 saturated heterocycles. The molecule has 0 aromatic carbocycles. The Hall–Kier alpha value is -2.58. The highest BCUT2D eigenvalue weighted by molar-refractivity contribution is 5.78. The molecule has 1 N–H and O–H groups in total. The average Bonchev–Trinajstić information content (AvgIpc) is 2.73. The number of pyridine rings is 1. The van der Waals surface area contributed by atoms with Crippen molar-refractivity contribution < 1.29 is 9.53 Å². The Labute approximate surface area is 184 Å². The lowest BCUT2D eigenvalue weighted by Gasteiger charge is -2.35. The van der Waals surface area contributed by atoms with E-state index in [2.05, 4.69) is 26.3 Å². The van der Waals surface area contributed by atoms with Crippen LogP contribution in [-0.2, 0) is 9.53 Å². The van der Waals surface area contributed by atoms with Gasteiger partial charge in [-0.15, -0.1) is 0 Å². The van der Waals surface area contributed by atoms with E-state index in [9.17, 15) is 4.79 Å². The molecule has 0 aliphatic carbocycles. The zero-order valence-electron chi connectivity index (χ0n) is 18.7. The number of amides is 1. The zero-order valence-corrected chi connectivity index (χ0v) is 18.7. The predicted octanol–water partition coefficient (Wildman–Crippen LogP) is 2.58. The number of piperidine rings is 1. The van der Waals surface area contributed by atoms with E-state index in [1.165, 1.54) is 0 Å². The van der Waals surface area contributed by atoms with Gasteiger partial charge in [0.05, 0.1) is 19.8 Å². The van der Waals surface area contributed by atoms with Crippen LogP contribution in [0.4, 0.5) is 11.6 Å². The van der Waals surface area contributed by atoms with E-state index in [4.69, 9.17) is 9.72 Å². The normalized spacial score (nSPS) is 20.0. The zero-order chi connectivity index (χ0) is 21.8. The number of hydrogen-bond donors (Lipinski definition) is 1. The highest BCUT2D eigenvalue weighted by Crippen LogP contribution is 2.28. The molecule has 0 spiro atoms. The molecule has 2 aliphatic rings. The predicted molar refractivity (Wildman–Crippen MR) is 120 cm³/mol. The van der Waals surface area contributed by atoms with Crippen LogP contribution in [0.1, 0.15) is 41.5 Å². The number of nitrogens with zero attached hydrogens (tertiary/aromatic N) is 5. The number of rotatable bonds is 5. The van der Waals surface area contributed by atoms with E-state index < -0.39 is 0 Å². The summed E-state index contributed by atoms with van der Waals surface area (Å²) in [5, 5.41) is 3.33. The smallest absolute Gasteiger partial charge is 0.236 e. The Balaban J connectivity index is 1.45. The molecule has 0 saturated carbocycles. The number of aryl methyl sites for hydroxylation is 3. The lowest BCUT2D eigenvalue weighted by atomic mass is 9.93. The van der Waals surface area contributed by atoms with Crippen molar-refractivity contribution in [3.8, 4) is 0 Å². The topological polar surface area (TPSA) is 83.5 Å². The maximum Gasteiger partial charge on any atom is 0.236 e. The molecule has 0 radical (unpaired) electrons. The Morgan fingerprint density at radius 3 is 2.48 bits per heavy atom. The maximum absolute atomic E-state index is 12.9. The molecule has 2 aromatic heterocycles. The van der Waals surface area contributed by atoms with Gasteiger partial charge in [0.25, 0.3) is 0 Å². The molecule has 2 fully saturated rings. The van der Waals surface area contributed by atoms with Crippen LogP contribution in [0.5, 0.6) is 0 Å². The molecule has 4 rings (SSSR count). The van der Waals surface area contributed by atoms with Crippen LogP contribution in [0.2, 0.25) is 0 Å². The summed E-state index contributed by atoms with van der Waals surface area (Å²) in [6, 6.07) is 6.04. The summed E-state index contributed by atoms with van der Waals surface area (Å²) in [7, 11) is 0. The number of likely N-dealkylation sites (tertiary alicyclic amines) is 1. The first-order valence-electron chi connectivity index (χ1n) is 11.1. The molecule has 8 nitrogen and oxygen atoms in total. The highest BCUT2D eigenvalue weighted by atomic mass is 16.5. The molecule has 2 aromatic rings. The number of ether oxygens (including phenoxy) is 1. The molecular weight excluding hydrogens is 392 g/mol. The number of hydrogen-bond acceptors (Lipinski definition) is 7. The first-order valence-corrected chi connectivity index (χ1v) is 11.1. The maximum atomic E-state index is 12.9. The Bertz CT molecular complexity index is 908. The third kappa shape index (κ3) is 5.77. The Kier molecular flexibility index (Phi) is 6.77. The van der Waals surface area contributed by atoms with E-state index in [0.29, 0.717) is 25.7 Å². The van der Waals surface area contributed by atoms with Crippen molar-refractivity contribution in [2.45, 2.75) is 39.5 Å². The Morgan fingerprint density at radius 2 is 1.74 bits per heavy atom. The molecule has 31 heavy (non-hydrogen) atoms. The summed E-state index contributed by atoms with van der Waals surface area (Å²) >= 11 is 0. The molecule has 2 aliphatic heterocycles. The molecule has 166 valence electrons. The summed E-state index contributed by atoms with van der Waals surface area (Å²) in [5.41, 5.74) is 4.77. The van der Waals surface area contributed by atoms with Gasteiger partial charge < -0.3 is 15.0 Å². The largest absolute Gasteiger partial charge is 0.379 e. The van der Waals surface area contributed by atoms with Crippen molar-refractivity contribution in [1.82, 2.24) is 24.8 Å². The van der Waals surface area contributed by atoms with Crippen LogP contribution in [-0.4, -0.2) is 76.6 Å². The van der Waals surface area contributed by atoms with E-state index in [-0.39, 0.29) is 11.8 Å². The van der Waals surface area contributed by atoms with Crippen molar-refractivity contribution in [2.75, 3.05) is 51.3 Å². The lowest BCUT2D eigenvalue weighted by Crippen LogP contribution is -2.47. The number of carbonyl (C=O) groups is 1. The van der Waals surface area contributed by atoms with E-state index in [0.717, 1.165) is 67.5 Å². The van der Waals surface area contributed by atoms with Gasteiger partial charge in [-0.3, -0.25) is 14.7 Å². The van der Waals surface area contributed by atoms with E-state index >= 15 is 0 Å². The highest BCUT2D eigenvalue weighted by Gasteiger charge is 2.27. The quantitative estimate of drug-likeness (QED) is 0.790. The summed E-state index contributed by atoms with van der Waals surface area (Å²) in [5.74, 6) is 1.05. The van der Waals surface area contributed by atoms with Crippen LogP contribution < -0.4 is 5.32 Å². The van der Waals surface area contributed by atoms with Crippen LogP contribution in [0, 0.1) is 20.8 Å². The lowest BCUT2D eigenvalue weighted by molar-refractivity contribution is -0.134. The molecule has 1 unspecified atom stereocenters. The fraction of sp³-hybridized carbons (Fsp3) is 0.565. The van der Waals surface area contributed by atoms with Crippen molar-refractivity contribution in [3.63, 3.8) is 0 Å². The van der Waals surface area contributed by atoms with E-state index in [1.54, 1.807) is 0 Å². The van der Waals surface area contributed by atoms with Gasteiger partial charge in [-0.25, -0.2) is 9.97 Å². The van der Waals surface area contributed by atoms with Gasteiger partial charge in [-0.05, 0) is 51.8 Å². The minimum atomic E-state index is 0.209. The number of nitrogens with one attached hydrogen (secondary N) is 1. The fourth-order valence-electron chi connectivity index (χ4n) is 4.38. The fourth-order valence-corrected chi connectivity index (χ4v) is 4.38. The molecule has 1 amide bonds. The molecular formula is C23H32N6O2. The molecule has 8 heteroatoms. The van der Waals surface area contributed by atoms with Crippen molar-refractivity contribution >= 4 is 17.5 Å². The first kappa shape index (κ1) is 21.6. The second kappa shape index (κ2) is 9.70. The molecule has 4 heterocycles. The minimum absolute atomic E-state index is 0.209. The Morgan fingerprint density at radius 1 is 1.03 bits per heavy atom. The summed E-state index contributed by atoms with van der Waals surface area (Å²) in [6.07, 6.45) is 2.04. The van der Waals surface area contributed by atoms with E-state index in [1.807, 2.05) is 37.8 Å². The van der Waals surface area contributed by atoms with Crippen LogP contribution >= 0.6 is 0 Å². The van der Waals surface area contributed by atoms with Gasteiger partial charge in [-0.1, -0.05) is 0 Å². The van der Waals surface area contributed by atoms with Gasteiger partial charge in [0.1, 0.15) is 0 Å². The van der Waals surface area contributed by atoms with Crippen LogP contribution in [0.3, 0.4) is 0 Å². The molecule has 1 atom stereocenters. The van der Waals surface area contributed by atoms with Gasteiger partial charge >= 0.3 is 0 Å². The average molecular weight is 425 g/mol. The molecule has 0 bridgehead atoms. The van der Waals surface area contributed by atoms with Gasteiger partial charge in [0, 0.05) is 60.6 Å². The first-order chi connectivity index (χ1) is 15.0. The monoisotopic (exact) mass is 424 g/mol. The number of anilines is 2. The van der Waals surface area contributed by atoms with Gasteiger partial charge in [-0.2, -0.15) is 0 Å². The summed E-state index contributed by atoms with van der Waals surface area (Å²) in [4.78, 5) is 30.8. The van der Waals surface area contributed by atoms with Gasteiger partial charge in [0.2, 0.25) is 11.9 Å². The minimum Gasteiger partial charge on any atom is -0.379 e. The number of carbonyl (C=O) groups excluding carboxylic acids is 1. The van der Waals surface area contributed by atoms with Gasteiger partial charge in [0.15, 0.2) is 0 Å². The number of morpholine rings is 1.